The van der Waals surface area contributed by atoms with Gasteiger partial charge in [0, 0.05) is 5.56 Å². The van der Waals surface area contributed by atoms with Crippen molar-refractivity contribution in [1.29, 1.82) is 0 Å². The van der Waals surface area contributed by atoms with Crippen molar-refractivity contribution in [1.82, 2.24) is 5.43 Å². The Morgan fingerprint density at radius 2 is 1.74 bits per heavy atom. The molecule has 23 heavy (non-hydrogen) atoms. The minimum absolute atomic E-state index is 0.228. The second-order valence-corrected chi connectivity index (χ2v) is 5.62. The van der Waals surface area contributed by atoms with E-state index in [1.54, 1.807) is 4.90 Å². The van der Waals surface area contributed by atoms with Crippen molar-refractivity contribution in [3.05, 3.63) is 60.2 Å². The first-order valence-electron chi connectivity index (χ1n) is 8.12. The van der Waals surface area contributed by atoms with E-state index in [1.807, 2.05) is 54.6 Å². The fourth-order valence-corrected chi connectivity index (χ4v) is 2.81. The quantitative estimate of drug-likeness (QED) is 0.790. The van der Waals surface area contributed by atoms with Crippen molar-refractivity contribution >= 4 is 23.1 Å². The van der Waals surface area contributed by atoms with Gasteiger partial charge in [-0.15, -0.1) is 0 Å². The third kappa shape index (κ3) is 3.26. The highest BCUT2D eigenvalue weighted by atomic mass is 16.2. The fourth-order valence-electron chi connectivity index (χ4n) is 2.81. The van der Waals surface area contributed by atoms with Crippen LogP contribution in [0.25, 0.3) is 0 Å². The fraction of sp³-hybridized carbons (Fsp3) is 0.263. The van der Waals surface area contributed by atoms with Crippen LogP contribution in [0.5, 0.6) is 0 Å². The second-order valence-electron chi connectivity index (χ2n) is 5.62. The number of hydrogen-bond donors (Lipinski definition) is 1. The molecule has 2 amide bonds. The Balaban J connectivity index is 2.01. The van der Waals surface area contributed by atoms with Crippen LogP contribution in [0, 0.1) is 0 Å². The Labute approximate surface area is 136 Å². The van der Waals surface area contributed by atoms with Gasteiger partial charge < -0.3 is 0 Å². The van der Waals surface area contributed by atoms with Gasteiger partial charge in [0.1, 0.15) is 0 Å². The van der Waals surface area contributed by atoms with Crippen molar-refractivity contribution in [2.45, 2.75) is 32.6 Å². The summed E-state index contributed by atoms with van der Waals surface area (Å²) >= 11 is 0. The molecule has 1 N–H and O–H groups in total. The molecule has 0 atom stereocenters. The number of urea groups is 1. The molecular weight excluding hydrogens is 286 g/mol. The van der Waals surface area contributed by atoms with Gasteiger partial charge in [-0.3, -0.25) is 4.90 Å². The van der Waals surface area contributed by atoms with E-state index in [4.69, 9.17) is 0 Å². The van der Waals surface area contributed by atoms with Crippen LogP contribution in [0.15, 0.2) is 59.7 Å². The first-order chi connectivity index (χ1) is 11.3. The van der Waals surface area contributed by atoms with Crippen molar-refractivity contribution in [3.8, 4) is 0 Å². The molecule has 2 aromatic carbocycles. The van der Waals surface area contributed by atoms with Gasteiger partial charge in [-0.2, -0.15) is 5.10 Å². The van der Waals surface area contributed by atoms with E-state index in [2.05, 4.69) is 17.5 Å². The van der Waals surface area contributed by atoms with E-state index >= 15 is 0 Å². The first-order valence-corrected chi connectivity index (χ1v) is 8.12. The van der Waals surface area contributed by atoms with Gasteiger partial charge in [0.2, 0.25) is 0 Å². The molecule has 118 valence electrons. The standard InChI is InChI=1S/C19H21N3O/c1-2-3-5-13-17-16-12-8-9-14-18(16)22(19(23)21-20-17)15-10-6-4-7-11-15/h4,6-12,14H,2-3,5,13H2,1H3,(H,21,23). The van der Waals surface area contributed by atoms with E-state index < -0.39 is 0 Å². The average Bonchev–Trinajstić information content (AvgIpc) is 2.73. The number of fused-ring (bicyclic) bond motifs is 1. The van der Waals surface area contributed by atoms with Crippen LogP contribution >= 0.6 is 0 Å². The molecule has 0 fully saturated rings. The molecule has 0 radical (unpaired) electrons. The minimum atomic E-state index is -0.228. The summed E-state index contributed by atoms with van der Waals surface area (Å²) in [5.74, 6) is 0. The van der Waals surface area contributed by atoms with Gasteiger partial charge in [-0.05, 0) is 31.0 Å². The van der Waals surface area contributed by atoms with Crippen molar-refractivity contribution in [2.75, 3.05) is 4.90 Å². The summed E-state index contributed by atoms with van der Waals surface area (Å²) in [7, 11) is 0. The van der Waals surface area contributed by atoms with Crippen molar-refractivity contribution < 1.29 is 4.79 Å². The number of benzene rings is 2. The number of carbonyl (C=O) groups is 1. The summed E-state index contributed by atoms with van der Waals surface area (Å²) in [4.78, 5) is 14.2. The molecule has 4 heteroatoms. The normalized spacial score (nSPS) is 13.9. The Morgan fingerprint density at radius 1 is 1.00 bits per heavy atom. The molecule has 1 aliphatic heterocycles. The molecule has 3 rings (SSSR count). The zero-order valence-electron chi connectivity index (χ0n) is 13.3. The smallest absolute Gasteiger partial charge is 0.261 e. The predicted molar refractivity (Wildman–Crippen MR) is 94.2 cm³/mol. The Morgan fingerprint density at radius 3 is 2.52 bits per heavy atom. The monoisotopic (exact) mass is 307 g/mol. The second kappa shape index (κ2) is 7.09. The maximum absolute atomic E-state index is 12.6. The van der Waals surface area contributed by atoms with Crippen LogP contribution in [-0.4, -0.2) is 11.7 Å². The van der Waals surface area contributed by atoms with Crippen LogP contribution in [0.4, 0.5) is 16.2 Å². The van der Waals surface area contributed by atoms with Crippen molar-refractivity contribution in [3.63, 3.8) is 0 Å². The average molecular weight is 307 g/mol. The van der Waals surface area contributed by atoms with Gasteiger partial charge >= 0.3 is 6.03 Å². The lowest BCUT2D eigenvalue weighted by atomic mass is 10.0. The van der Waals surface area contributed by atoms with Gasteiger partial charge in [-0.1, -0.05) is 56.2 Å². The van der Waals surface area contributed by atoms with E-state index in [0.717, 1.165) is 48.3 Å². The van der Waals surface area contributed by atoms with Crippen LogP contribution in [0.2, 0.25) is 0 Å². The lowest BCUT2D eigenvalue weighted by Crippen LogP contribution is -2.32. The molecule has 2 aromatic rings. The number of hydrazone groups is 1. The molecule has 4 nitrogen and oxygen atoms in total. The molecule has 1 aliphatic rings. The van der Waals surface area contributed by atoms with Gasteiger partial charge in [-0.25, -0.2) is 10.2 Å². The topological polar surface area (TPSA) is 44.7 Å². The lowest BCUT2D eigenvalue weighted by Gasteiger charge is -2.22. The summed E-state index contributed by atoms with van der Waals surface area (Å²) in [5.41, 5.74) is 6.37. The highest BCUT2D eigenvalue weighted by molar-refractivity contribution is 6.12. The van der Waals surface area contributed by atoms with E-state index in [-0.39, 0.29) is 6.03 Å². The van der Waals surface area contributed by atoms with Gasteiger partial charge in [0.25, 0.3) is 0 Å². The Kier molecular flexibility index (Phi) is 4.71. The largest absolute Gasteiger partial charge is 0.346 e. The molecule has 0 saturated carbocycles. The predicted octanol–water partition coefficient (Wildman–Crippen LogP) is 4.83. The number of anilines is 2. The third-order valence-corrected chi connectivity index (χ3v) is 3.98. The summed E-state index contributed by atoms with van der Waals surface area (Å²) in [6.45, 7) is 2.18. The Bertz CT molecular complexity index is 710. The van der Waals surface area contributed by atoms with Crippen LogP contribution in [-0.2, 0) is 0 Å². The SMILES string of the molecule is CCCCCC1=NNC(=O)N(c2ccccc2)c2ccccc21. The summed E-state index contributed by atoms with van der Waals surface area (Å²) in [5, 5.41) is 4.37. The number of carbonyl (C=O) groups excluding carboxylic acids is 1. The van der Waals surface area contributed by atoms with E-state index in [1.165, 1.54) is 0 Å². The number of rotatable bonds is 5. The number of nitrogens with one attached hydrogen (secondary N) is 1. The molecule has 0 bridgehead atoms. The zero-order valence-corrected chi connectivity index (χ0v) is 13.3. The molecule has 0 aliphatic carbocycles. The van der Waals surface area contributed by atoms with Gasteiger partial charge in [0.15, 0.2) is 0 Å². The molecule has 0 saturated heterocycles. The highest BCUT2D eigenvalue weighted by Gasteiger charge is 2.25. The number of amides is 2. The Hall–Kier alpha value is -2.62. The van der Waals surface area contributed by atoms with E-state index in [0.29, 0.717) is 0 Å². The van der Waals surface area contributed by atoms with Crippen LogP contribution < -0.4 is 10.3 Å². The number of hydrogen-bond acceptors (Lipinski definition) is 2. The molecule has 0 aromatic heterocycles. The lowest BCUT2D eigenvalue weighted by molar-refractivity contribution is 0.249. The zero-order chi connectivity index (χ0) is 16.1. The maximum atomic E-state index is 12.6. The molecule has 1 heterocycles. The highest BCUT2D eigenvalue weighted by Crippen LogP contribution is 2.31. The maximum Gasteiger partial charge on any atom is 0.346 e. The molecular formula is C19H21N3O. The number of unbranched alkanes of at least 4 members (excludes halogenated alkanes) is 2. The molecule has 0 spiro atoms. The third-order valence-electron chi connectivity index (χ3n) is 3.98. The molecule has 0 unspecified atom stereocenters. The summed E-state index contributed by atoms with van der Waals surface area (Å²) in [6, 6.07) is 17.4. The van der Waals surface area contributed by atoms with E-state index in [9.17, 15) is 4.79 Å². The van der Waals surface area contributed by atoms with Crippen LogP contribution in [0.1, 0.15) is 38.2 Å². The number of para-hydroxylation sites is 2. The van der Waals surface area contributed by atoms with Crippen LogP contribution in [0.3, 0.4) is 0 Å². The summed E-state index contributed by atoms with van der Waals surface area (Å²) in [6.07, 6.45) is 4.27. The first kappa shape index (κ1) is 15.3. The summed E-state index contributed by atoms with van der Waals surface area (Å²) < 4.78 is 0. The minimum Gasteiger partial charge on any atom is -0.261 e. The van der Waals surface area contributed by atoms with Crippen molar-refractivity contribution in [2.24, 2.45) is 5.10 Å². The van der Waals surface area contributed by atoms with Gasteiger partial charge in [0.05, 0.1) is 17.1 Å². The number of nitrogens with zero attached hydrogens (tertiary/aromatic N) is 2.